The van der Waals surface area contributed by atoms with E-state index in [1.165, 1.54) is 21.6 Å². The molecule has 0 aliphatic carbocycles. The SMILES string of the molecule is O=C(O)C(=O)O.c1ccc(-n2cc(CNCc3ccccc3CN3CCOCC3)c(-c3cccs3)n2)cc1. The van der Waals surface area contributed by atoms with Gasteiger partial charge in [0.2, 0.25) is 0 Å². The van der Waals surface area contributed by atoms with E-state index in [4.69, 9.17) is 29.6 Å². The molecule has 38 heavy (non-hydrogen) atoms. The lowest BCUT2D eigenvalue weighted by Crippen LogP contribution is -2.36. The van der Waals surface area contributed by atoms with Crippen molar-refractivity contribution >= 4 is 23.3 Å². The number of hydrogen-bond acceptors (Lipinski definition) is 7. The summed E-state index contributed by atoms with van der Waals surface area (Å²) in [6.07, 6.45) is 2.15. The Morgan fingerprint density at radius 1 is 0.868 bits per heavy atom. The lowest BCUT2D eigenvalue weighted by atomic mass is 10.1. The minimum atomic E-state index is -1.82. The average molecular weight is 535 g/mol. The van der Waals surface area contributed by atoms with Gasteiger partial charge in [0.15, 0.2) is 0 Å². The first-order valence-electron chi connectivity index (χ1n) is 12.2. The molecule has 198 valence electrons. The third kappa shape index (κ3) is 7.59. The maximum absolute atomic E-state index is 9.10. The third-order valence-corrected chi connectivity index (χ3v) is 6.87. The number of morpholine rings is 1. The maximum atomic E-state index is 9.10. The van der Waals surface area contributed by atoms with Crippen LogP contribution in [-0.2, 0) is 34.0 Å². The Kier molecular flexibility index (Phi) is 9.77. The molecule has 1 aliphatic heterocycles. The van der Waals surface area contributed by atoms with E-state index in [9.17, 15) is 0 Å². The molecule has 2 aromatic carbocycles. The molecule has 0 saturated carbocycles. The van der Waals surface area contributed by atoms with E-state index in [2.05, 4.69) is 70.3 Å². The van der Waals surface area contributed by atoms with Crippen molar-refractivity contribution in [3.05, 3.63) is 95.0 Å². The van der Waals surface area contributed by atoms with Gasteiger partial charge < -0.3 is 20.3 Å². The van der Waals surface area contributed by atoms with Crippen LogP contribution < -0.4 is 5.32 Å². The summed E-state index contributed by atoms with van der Waals surface area (Å²) in [5.74, 6) is -3.65. The number of nitrogens with one attached hydrogen (secondary N) is 1. The van der Waals surface area contributed by atoms with Crippen molar-refractivity contribution in [2.24, 2.45) is 0 Å². The molecule has 1 saturated heterocycles. The Hall–Kier alpha value is -3.83. The van der Waals surface area contributed by atoms with Crippen molar-refractivity contribution in [1.82, 2.24) is 20.0 Å². The molecule has 0 unspecified atom stereocenters. The number of rotatable bonds is 8. The van der Waals surface area contributed by atoms with E-state index in [1.807, 2.05) is 22.9 Å². The number of nitrogens with zero attached hydrogens (tertiary/aromatic N) is 3. The van der Waals surface area contributed by atoms with Crippen molar-refractivity contribution in [2.75, 3.05) is 26.3 Å². The molecule has 2 aromatic heterocycles. The highest BCUT2D eigenvalue weighted by Crippen LogP contribution is 2.28. The van der Waals surface area contributed by atoms with Gasteiger partial charge in [0.1, 0.15) is 5.69 Å². The summed E-state index contributed by atoms with van der Waals surface area (Å²) in [5.41, 5.74) is 6.08. The van der Waals surface area contributed by atoms with Crippen molar-refractivity contribution in [3.8, 4) is 16.3 Å². The largest absolute Gasteiger partial charge is 0.473 e. The number of benzene rings is 2. The maximum Gasteiger partial charge on any atom is 0.414 e. The van der Waals surface area contributed by atoms with E-state index < -0.39 is 11.9 Å². The fourth-order valence-electron chi connectivity index (χ4n) is 4.09. The van der Waals surface area contributed by atoms with Gasteiger partial charge in [-0.2, -0.15) is 5.10 Å². The number of carbonyl (C=O) groups is 2. The molecule has 3 N–H and O–H groups in total. The second kappa shape index (κ2) is 13.6. The first-order valence-corrected chi connectivity index (χ1v) is 13.1. The Labute approximate surface area is 224 Å². The van der Waals surface area contributed by atoms with E-state index in [-0.39, 0.29) is 0 Å². The molecule has 0 atom stereocenters. The molecular formula is C28H30N4O5S. The van der Waals surface area contributed by atoms with Gasteiger partial charge in [-0.05, 0) is 34.7 Å². The zero-order valence-electron chi connectivity index (χ0n) is 20.8. The zero-order valence-corrected chi connectivity index (χ0v) is 21.6. The lowest BCUT2D eigenvalue weighted by Gasteiger charge is -2.27. The van der Waals surface area contributed by atoms with Gasteiger partial charge in [-0.25, -0.2) is 14.3 Å². The van der Waals surface area contributed by atoms with Crippen molar-refractivity contribution in [3.63, 3.8) is 0 Å². The summed E-state index contributed by atoms with van der Waals surface area (Å²) in [6, 6.07) is 23.3. The number of carboxylic acid groups (broad SMARTS) is 2. The fraction of sp³-hybridized carbons (Fsp3) is 0.250. The van der Waals surface area contributed by atoms with Crippen LogP contribution in [0.2, 0.25) is 0 Å². The average Bonchev–Trinajstić information content (AvgIpc) is 3.62. The molecule has 0 spiro atoms. The van der Waals surface area contributed by atoms with Crippen molar-refractivity contribution in [1.29, 1.82) is 0 Å². The number of aliphatic carboxylic acids is 2. The van der Waals surface area contributed by atoms with Crippen LogP contribution in [0.1, 0.15) is 16.7 Å². The number of hydrogen-bond donors (Lipinski definition) is 3. The minimum Gasteiger partial charge on any atom is -0.473 e. The van der Waals surface area contributed by atoms with Gasteiger partial charge in [-0.3, -0.25) is 4.90 Å². The van der Waals surface area contributed by atoms with Crippen LogP contribution in [0.4, 0.5) is 0 Å². The Bertz CT molecular complexity index is 1310. The van der Waals surface area contributed by atoms with Crippen LogP contribution >= 0.6 is 11.3 Å². The summed E-state index contributed by atoms with van der Waals surface area (Å²) in [4.78, 5) is 21.9. The highest BCUT2D eigenvalue weighted by atomic mass is 32.1. The van der Waals surface area contributed by atoms with Gasteiger partial charge in [-0.1, -0.05) is 48.5 Å². The number of ether oxygens (including phenoxy) is 1. The van der Waals surface area contributed by atoms with Crippen molar-refractivity contribution < 1.29 is 24.5 Å². The van der Waals surface area contributed by atoms with E-state index in [1.54, 1.807) is 11.3 Å². The standard InChI is InChI=1S/C26H28N4OS.C2H2O4/c1-2-9-24(10-3-1)30-20-23(26(28-30)25-11-6-16-32-25)18-27-17-21-7-4-5-8-22(21)19-29-12-14-31-15-13-29;3-1(4)2(5)6/h1-11,16,20,27H,12-15,17-19H2;(H,3,4)(H,5,6). The van der Waals surface area contributed by atoms with E-state index in [0.29, 0.717) is 0 Å². The van der Waals surface area contributed by atoms with Crippen LogP contribution in [-0.4, -0.2) is 63.1 Å². The molecule has 1 fully saturated rings. The first-order chi connectivity index (χ1) is 18.5. The molecule has 0 amide bonds. The molecule has 3 heterocycles. The summed E-state index contributed by atoms with van der Waals surface area (Å²) in [7, 11) is 0. The second-order valence-corrected chi connectivity index (χ2v) is 9.58. The number of thiophene rings is 1. The summed E-state index contributed by atoms with van der Waals surface area (Å²) < 4.78 is 7.48. The van der Waals surface area contributed by atoms with E-state index in [0.717, 1.165) is 57.3 Å². The van der Waals surface area contributed by atoms with Crippen LogP contribution in [0, 0.1) is 0 Å². The highest BCUT2D eigenvalue weighted by molar-refractivity contribution is 7.13. The van der Waals surface area contributed by atoms with Crippen molar-refractivity contribution in [2.45, 2.75) is 19.6 Å². The summed E-state index contributed by atoms with van der Waals surface area (Å²) in [6.45, 7) is 6.25. The van der Waals surface area contributed by atoms with Crippen LogP contribution in [0.3, 0.4) is 0 Å². The monoisotopic (exact) mass is 534 g/mol. The Morgan fingerprint density at radius 2 is 1.53 bits per heavy atom. The van der Waals surface area contributed by atoms with Gasteiger partial charge in [-0.15, -0.1) is 11.3 Å². The molecule has 9 nitrogen and oxygen atoms in total. The normalized spacial score (nSPS) is 13.5. The first kappa shape index (κ1) is 27.2. The number of para-hydroxylation sites is 1. The molecule has 0 bridgehead atoms. The quantitative estimate of drug-likeness (QED) is 0.292. The Morgan fingerprint density at radius 3 is 2.18 bits per heavy atom. The van der Waals surface area contributed by atoms with Crippen LogP contribution in [0.25, 0.3) is 16.3 Å². The summed E-state index contributed by atoms with van der Waals surface area (Å²) >= 11 is 1.73. The minimum absolute atomic E-state index is 0.770. The van der Waals surface area contributed by atoms with Gasteiger partial charge >= 0.3 is 11.9 Å². The zero-order chi connectivity index (χ0) is 26.7. The van der Waals surface area contributed by atoms with Gasteiger partial charge in [0, 0.05) is 44.5 Å². The summed E-state index contributed by atoms with van der Waals surface area (Å²) in [5, 5.41) is 25.5. The second-order valence-electron chi connectivity index (χ2n) is 8.63. The smallest absolute Gasteiger partial charge is 0.414 e. The number of carboxylic acids is 2. The van der Waals surface area contributed by atoms with Gasteiger partial charge in [0.25, 0.3) is 0 Å². The van der Waals surface area contributed by atoms with Gasteiger partial charge in [0.05, 0.1) is 23.8 Å². The van der Waals surface area contributed by atoms with Crippen LogP contribution in [0.15, 0.2) is 78.3 Å². The molecule has 10 heteroatoms. The third-order valence-electron chi connectivity index (χ3n) is 6.00. The highest BCUT2D eigenvalue weighted by Gasteiger charge is 2.15. The fourth-order valence-corrected chi connectivity index (χ4v) is 4.83. The topological polar surface area (TPSA) is 117 Å². The molecule has 4 aromatic rings. The number of aromatic nitrogens is 2. The predicted octanol–water partition coefficient (Wildman–Crippen LogP) is 3.88. The molecule has 5 rings (SSSR count). The molecular weight excluding hydrogens is 504 g/mol. The molecule has 1 aliphatic rings. The van der Waals surface area contributed by atoms with Crippen LogP contribution in [0.5, 0.6) is 0 Å². The molecule has 0 radical (unpaired) electrons. The lowest BCUT2D eigenvalue weighted by molar-refractivity contribution is -0.159. The Balaban J connectivity index is 0.000000505. The predicted molar refractivity (Wildman–Crippen MR) is 145 cm³/mol. The van der Waals surface area contributed by atoms with E-state index >= 15 is 0 Å².